The molecule has 2 nitrogen and oxygen atoms in total. The molecule has 0 saturated heterocycles. The Morgan fingerprint density at radius 3 is 1.71 bits per heavy atom. The SMILES string of the molecule is c1ccc(CCOCCCCCCCCCCOC[SiH2]c2ccccc2)cc1. The molecule has 154 valence electrons. The van der Waals surface area contributed by atoms with Crippen LogP contribution in [0.4, 0.5) is 0 Å². The van der Waals surface area contributed by atoms with Crippen molar-refractivity contribution in [2.45, 2.75) is 57.8 Å². The summed E-state index contributed by atoms with van der Waals surface area (Å²) in [5, 5.41) is 1.50. The van der Waals surface area contributed by atoms with Gasteiger partial charge in [-0.3, -0.25) is 0 Å². The van der Waals surface area contributed by atoms with E-state index in [0.29, 0.717) is 0 Å². The van der Waals surface area contributed by atoms with Crippen molar-refractivity contribution in [2.24, 2.45) is 0 Å². The number of hydrogen-bond acceptors (Lipinski definition) is 2. The van der Waals surface area contributed by atoms with Crippen molar-refractivity contribution in [3.63, 3.8) is 0 Å². The maximum absolute atomic E-state index is 5.81. The number of rotatable bonds is 17. The maximum Gasteiger partial charge on any atom is 0.0848 e. The molecule has 0 atom stereocenters. The molecule has 0 N–H and O–H groups in total. The lowest BCUT2D eigenvalue weighted by Crippen LogP contribution is -2.19. The van der Waals surface area contributed by atoms with Crippen molar-refractivity contribution >= 4 is 14.7 Å². The Kier molecular flexibility index (Phi) is 13.5. The van der Waals surface area contributed by atoms with Crippen molar-refractivity contribution in [2.75, 3.05) is 26.1 Å². The van der Waals surface area contributed by atoms with E-state index >= 15 is 0 Å². The number of ether oxygens (including phenoxy) is 2. The molecule has 2 aromatic carbocycles. The molecule has 0 saturated carbocycles. The van der Waals surface area contributed by atoms with Crippen LogP contribution in [0.1, 0.15) is 56.9 Å². The van der Waals surface area contributed by atoms with Gasteiger partial charge in [0.2, 0.25) is 0 Å². The summed E-state index contributed by atoms with van der Waals surface area (Å²) in [6, 6.07) is 21.4. The first kappa shape index (κ1) is 22.9. The predicted octanol–water partition coefficient (Wildman–Crippen LogP) is 4.83. The van der Waals surface area contributed by atoms with Crippen LogP contribution in [0.2, 0.25) is 0 Å². The van der Waals surface area contributed by atoms with E-state index in [1.807, 2.05) is 0 Å². The molecule has 0 aromatic heterocycles. The highest BCUT2D eigenvalue weighted by atomic mass is 28.2. The quantitative estimate of drug-likeness (QED) is 0.280. The van der Waals surface area contributed by atoms with Gasteiger partial charge in [0.1, 0.15) is 0 Å². The van der Waals surface area contributed by atoms with Gasteiger partial charge in [0, 0.05) is 19.4 Å². The Morgan fingerprint density at radius 2 is 1.07 bits per heavy atom. The molecule has 0 unspecified atom stereocenters. The highest BCUT2D eigenvalue weighted by molar-refractivity contribution is 6.53. The maximum atomic E-state index is 5.81. The van der Waals surface area contributed by atoms with Gasteiger partial charge in [-0.15, -0.1) is 0 Å². The topological polar surface area (TPSA) is 18.5 Å². The lowest BCUT2D eigenvalue weighted by molar-refractivity contribution is 0.132. The van der Waals surface area contributed by atoms with Crippen molar-refractivity contribution in [1.82, 2.24) is 0 Å². The average Bonchev–Trinajstić information content (AvgIpc) is 2.75. The molecule has 0 amide bonds. The molecule has 28 heavy (non-hydrogen) atoms. The van der Waals surface area contributed by atoms with Crippen molar-refractivity contribution in [3.8, 4) is 0 Å². The van der Waals surface area contributed by atoms with E-state index in [1.54, 1.807) is 0 Å². The zero-order valence-electron chi connectivity index (χ0n) is 17.5. The molecule has 2 aromatic rings. The predicted molar refractivity (Wildman–Crippen MR) is 123 cm³/mol. The summed E-state index contributed by atoms with van der Waals surface area (Å²) in [5.74, 6) is 0. The van der Waals surface area contributed by atoms with E-state index in [2.05, 4.69) is 60.7 Å². The van der Waals surface area contributed by atoms with Crippen LogP contribution in [0.15, 0.2) is 60.7 Å². The molecule has 0 aliphatic carbocycles. The fourth-order valence-electron chi connectivity index (χ4n) is 3.34. The van der Waals surface area contributed by atoms with Crippen LogP contribution in [-0.2, 0) is 15.9 Å². The van der Waals surface area contributed by atoms with Crippen LogP contribution < -0.4 is 5.19 Å². The molecule has 0 radical (unpaired) electrons. The summed E-state index contributed by atoms with van der Waals surface area (Å²) in [6.45, 7) is 2.70. The smallest absolute Gasteiger partial charge is 0.0848 e. The van der Waals surface area contributed by atoms with Gasteiger partial charge in [-0.2, -0.15) is 0 Å². The van der Waals surface area contributed by atoms with Crippen LogP contribution in [0.25, 0.3) is 0 Å². The second-order valence-corrected chi connectivity index (χ2v) is 9.25. The molecular weight excluding hydrogens is 360 g/mol. The molecule has 0 aliphatic heterocycles. The molecule has 0 bridgehead atoms. The van der Waals surface area contributed by atoms with E-state index < -0.39 is 0 Å². The third-order valence-corrected chi connectivity index (χ3v) is 6.62. The Morgan fingerprint density at radius 1 is 0.536 bits per heavy atom. The van der Waals surface area contributed by atoms with E-state index in [4.69, 9.17) is 9.47 Å². The Bertz CT molecular complexity index is 520. The minimum absolute atomic E-state index is 0.219. The first-order valence-corrected chi connectivity index (χ1v) is 12.9. The van der Waals surface area contributed by atoms with Gasteiger partial charge in [-0.1, -0.05) is 104 Å². The molecule has 3 heteroatoms. The van der Waals surface area contributed by atoms with E-state index in [1.165, 1.54) is 62.1 Å². The van der Waals surface area contributed by atoms with Crippen LogP contribution in [-0.4, -0.2) is 35.6 Å². The summed E-state index contributed by atoms with van der Waals surface area (Å²) in [6.07, 6.45) is 12.5. The Hall–Kier alpha value is -1.42. The summed E-state index contributed by atoms with van der Waals surface area (Å²) in [4.78, 5) is 0. The van der Waals surface area contributed by atoms with E-state index in [-0.39, 0.29) is 9.52 Å². The largest absolute Gasteiger partial charge is 0.385 e. The monoisotopic (exact) mass is 398 g/mol. The van der Waals surface area contributed by atoms with Gasteiger partial charge >= 0.3 is 0 Å². The summed E-state index contributed by atoms with van der Waals surface area (Å²) >= 11 is 0. The first-order chi connectivity index (χ1) is 13.9. The molecule has 0 spiro atoms. The van der Waals surface area contributed by atoms with Gasteiger partial charge in [0.05, 0.1) is 16.1 Å². The van der Waals surface area contributed by atoms with Crippen LogP contribution in [0.5, 0.6) is 0 Å². The van der Waals surface area contributed by atoms with E-state index in [9.17, 15) is 0 Å². The molecule has 0 aliphatic rings. The Balaban J connectivity index is 1.25. The Labute approximate surface area is 174 Å². The van der Waals surface area contributed by atoms with Crippen LogP contribution >= 0.6 is 0 Å². The molecule has 2 rings (SSSR count). The second kappa shape index (κ2) is 16.5. The third kappa shape index (κ3) is 12.1. The molecule has 0 heterocycles. The highest BCUT2D eigenvalue weighted by Crippen LogP contribution is 2.09. The average molecular weight is 399 g/mol. The lowest BCUT2D eigenvalue weighted by atomic mass is 10.1. The van der Waals surface area contributed by atoms with Gasteiger partial charge < -0.3 is 9.47 Å². The zero-order chi connectivity index (χ0) is 19.5. The van der Waals surface area contributed by atoms with E-state index in [0.717, 1.165) is 32.5 Å². The van der Waals surface area contributed by atoms with Crippen molar-refractivity contribution in [3.05, 3.63) is 66.2 Å². The minimum Gasteiger partial charge on any atom is -0.385 e. The fourth-order valence-corrected chi connectivity index (χ4v) is 4.53. The van der Waals surface area contributed by atoms with Crippen LogP contribution in [0, 0.1) is 0 Å². The molecular formula is C25H38O2Si. The number of hydrogen-bond donors (Lipinski definition) is 0. The molecule has 0 fully saturated rings. The summed E-state index contributed by atoms with van der Waals surface area (Å²) in [7, 11) is -0.219. The summed E-state index contributed by atoms with van der Waals surface area (Å²) < 4.78 is 11.6. The fraction of sp³-hybridized carbons (Fsp3) is 0.520. The normalized spacial score (nSPS) is 11.4. The number of benzene rings is 2. The van der Waals surface area contributed by atoms with Gasteiger partial charge in [-0.25, -0.2) is 0 Å². The lowest BCUT2D eigenvalue weighted by Gasteiger charge is -2.06. The third-order valence-electron chi connectivity index (χ3n) is 5.08. The van der Waals surface area contributed by atoms with Crippen molar-refractivity contribution < 1.29 is 9.47 Å². The van der Waals surface area contributed by atoms with Gasteiger partial charge in [0.15, 0.2) is 0 Å². The first-order valence-electron chi connectivity index (χ1n) is 11.2. The zero-order valence-corrected chi connectivity index (χ0v) is 18.9. The second-order valence-electron chi connectivity index (χ2n) is 7.52. The van der Waals surface area contributed by atoms with Crippen molar-refractivity contribution in [1.29, 1.82) is 0 Å². The summed E-state index contributed by atoms with van der Waals surface area (Å²) in [5.41, 5.74) is 1.37. The number of unbranched alkanes of at least 4 members (excludes halogenated alkanes) is 7. The van der Waals surface area contributed by atoms with Gasteiger partial charge in [-0.05, 0) is 24.8 Å². The van der Waals surface area contributed by atoms with Gasteiger partial charge in [0.25, 0.3) is 0 Å². The standard InChI is InChI=1S/C25H38O2Si/c1(3-5-13-20-26-22-19-24-15-9-7-10-16-24)2-4-6-14-21-27-23-28-25-17-11-8-12-18-25/h7-12,15-18H,1-6,13-14,19-23,28H2. The minimum atomic E-state index is -0.219. The van der Waals surface area contributed by atoms with Crippen LogP contribution in [0.3, 0.4) is 0 Å². The highest BCUT2D eigenvalue weighted by Gasteiger charge is 1.96.